The number of anilines is 2. The Kier molecular flexibility index (Phi) is 2.55. The Balaban J connectivity index is 2.13. The van der Waals surface area contributed by atoms with Crippen LogP contribution in [0.4, 0.5) is 11.6 Å². The van der Waals surface area contributed by atoms with Crippen molar-refractivity contribution in [2.24, 2.45) is 0 Å². The summed E-state index contributed by atoms with van der Waals surface area (Å²) in [6.45, 7) is 1.85. The number of aryl methyl sites for hydroxylation is 1. The van der Waals surface area contributed by atoms with Crippen molar-refractivity contribution in [3.05, 3.63) is 35.7 Å². The molecule has 2 heterocycles. The normalized spacial score (nSPS) is 10.1. The van der Waals surface area contributed by atoms with Crippen molar-refractivity contribution in [3.8, 4) is 0 Å². The topological polar surface area (TPSA) is 96.7 Å². The quantitative estimate of drug-likeness (QED) is 0.697. The third-order valence-corrected chi connectivity index (χ3v) is 1.97. The number of pyridine rings is 1. The molecule has 0 aliphatic rings. The van der Waals surface area contributed by atoms with Crippen LogP contribution < -0.4 is 11.1 Å². The van der Waals surface area contributed by atoms with Gasteiger partial charge >= 0.3 is 0 Å². The Hall–Kier alpha value is -2.37. The number of nitrogen functional groups attached to an aromatic ring is 1. The summed E-state index contributed by atoms with van der Waals surface area (Å²) in [5.74, 6) is 0.461. The van der Waals surface area contributed by atoms with Gasteiger partial charge in [-0.3, -0.25) is 9.89 Å². The molecule has 0 radical (unpaired) electrons. The maximum absolute atomic E-state index is 11.7. The summed E-state index contributed by atoms with van der Waals surface area (Å²) in [7, 11) is 0. The standard InChI is InChI=1S/C10H11N5O/c1-6-3-2-4-9(12-6)13-10(16)7-5-8(11)15-14-7/h2-5H,1H3,(H3,11,14,15)(H,12,13,16). The zero-order valence-electron chi connectivity index (χ0n) is 8.69. The molecule has 0 fully saturated rings. The van der Waals surface area contributed by atoms with Crippen LogP contribution in [0.25, 0.3) is 0 Å². The number of carbonyl (C=O) groups excluding carboxylic acids is 1. The van der Waals surface area contributed by atoms with Crippen LogP contribution in [0, 0.1) is 6.92 Å². The molecule has 0 atom stereocenters. The summed E-state index contributed by atoms with van der Waals surface area (Å²) < 4.78 is 0. The number of hydrogen-bond acceptors (Lipinski definition) is 4. The lowest BCUT2D eigenvalue weighted by Gasteiger charge is -2.02. The van der Waals surface area contributed by atoms with Crippen molar-refractivity contribution < 1.29 is 4.79 Å². The van der Waals surface area contributed by atoms with Crippen LogP contribution in [0.5, 0.6) is 0 Å². The molecule has 2 aromatic rings. The van der Waals surface area contributed by atoms with Gasteiger partial charge in [0.15, 0.2) is 0 Å². The van der Waals surface area contributed by atoms with E-state index in [1.54, 1.807) is 6.07 Å². The van der Waals surface area contributed by atoms with E-state index >= 15 is 0 Å². The summed E-state index contributed by atoms with van der Waals surface area (Å²) in [6, 6.07) is 6.85. The fourth-order valence-electron chi connectivity index (χ4n) is 1.25. The monoisotopic (exact) mass is 217 g/mol. The lowest BCUT2D eigenvalue weighted by Crippen LogP contribution is -2.13. The zero-order valence-corrected chi connectivity index (χ0v) is 8.69. The number of nitrogens with one attached hydrogen (secondary N) is 2. The summed E-state index contributed by atoms with van der Waals surface area (Å²) in [4.78, 5) is 15.8. The maximum atomic E-state index is 11.7. The minimum atomic E-state index is -0.317. The summed E-state index contributed by atoms with van der Waals surface area (Å²) >= 11 is 0. The van der Waals surface area contributed by atoms with Crippen LogP contribution in [-0.2, 0) is 0 Å². The SMILES string of the molecule is Cc1cccc(NC(=O)c2cc(N)n[nH]2)n1. The number of aromatic amines is 1. The number of amides is 1. The van der Waals surface area contributed by atoms with Gasteiger partial charge in [-0.1, -0.05) is 6.07 Å². The molecule has 0 saturated carbocycles. The molecule has 0 aliphatic heterocycles. The van der Waals surface area contributed by atoms with Gasteiger partial charge in [0.2, 0.25) is 0 Å². The predicted octanol–water partition coefficient (Wildman–Crippen LogP) is 0.948. The van der Waals surface area contributed by atoms with Crippen LogP contribution in [0.2, 0.25) is 0 Å². The van der Waals surface area contributed by atoms with E-state index in [0.717, 1.165) is 5.69 Å². The maximum Gasteiger partial charge on any atom is 0.274 e. The molecule has 6 nitrogen and oxygen atoms in total. The lowest BCUT2D eigenvalue weighted by atomic mass is 10.3. The molecule has 2 rings (SSSR count). The molecule has 82 valence electrons. The molecule has 4 N–H and O–H groups in total. The van der Waals surface area contributed by atoms with Gasteiger partial charge in [0.1, 0.15) is 17.3 Å². The van der Waals surface area contributed by atoms with Crippen molar-refractivity contribution in [1.29, 1.82) is 0 Å². The Morgan fingerprint density at radius 3 is 2.94 bits per heavy atom. The van der Waals surface area contributed by atoms with Gasteiger partial charge in [-0.25, -0.2) is 4.98 Å². The summed E-state index contributed by atoms with van der Waals surface area (Å²) in [6.07, 6.45) is 0. The Labute approximate surface area is 91.9 Å². The first-order chi connectivity index (χ1) is 7.65. The highest BCUT2D eigenvalue weighted by atomic mass is 16.2. The highest BCUT2D eigenvalue weighted by molar-refractivity contribution is 6.02. The van der Waals surface area contributed by atoms with E-state index in [-0.39, 0.29) is 11.7 Å². The Bertz CT molecular complexity index is 519. The molecule has 6 heteroatoms. The number of aromatic nitrogens is 3. The van der Waals surface area contributed by atoms with E-state index in [0.29, 0.717) is 11.5 Å². The van der Waals surface area contributed by atoms with Crippen LogP contribution in [0.3, 0.4) is 0 Å². The average Bonchev–Trinajstić information content (AvgIpc) is 2.65. The second-order valence-electron chi connectivity index (χ2n) is 3.32. The number of nitrogens with two attached hydrogens (primary N) is 1. The van der Waals surface area contributed by atoms with Crippen molar-refractivity contribution >= 4 is 17.5 Å². The third kappa shape index (κ3) is 2.17. The van der Waals surface area contributed by atoms with Gasteiger partial charge in [-0.05, 0) is 19.1 Å². The van der Waals surface area contributed by atoms with E-state index in [1.165, 1.54) is 6.07 Å². The molecule has 0 aromatic carbocycles. The minimum Gasteiger partial charge on any atom is -0.382 e. The minimum absolute atomic E-state index is 0.280. The Morgan fingerprint density at radius 1 is 1.50 bits per heavy atom. The van der Waals surface area contributed by atoms with Gasteiger partial charge in [0, 0.05) is 11.8 Å². The molecule has 0 spiro atoms. The van der Waals surface area contributed by atoms with Gasteiger partial charge < -0.3 is 11.1 Å². The zero-order chi connectivity index (χ0) is 11.5. The molecule has 1 amide bonds. The fraction of sp³-hybridized carbons (Fsp3) is 0.100. The number of rotatable bonds is 2. The van der Waals surface area contributed by atoms with Gasteiger partial charge in [-0.15, -0.1) is 0 Å². The Morgan fingerprint density at radius 2 is 2.31 bits per heavy atom. The van der Waals surface area contributed by atoms with Crippen molar-refractivity contribution in [2.45, 2.75) is 6.92 Å². The number of hydrogen-bond donors (Lipinski definition) is 3. The van der Waals surface area contributed by atoms with Crippen molar-refractivity contribution in [1.82, 2.24) is 15.2 Å². The molecule has 0 aliphatic carbocycles. The summed E-state index contributed by atoms with van der Waals surface area (Å²) in [5.41, 5.74) is 6.54. The summed E-state index contributed by atoms with van der Waals surface area (Å²) in [5, 5.41) is 8.83. The smallest absolute Gasteiger partial charge is 0.274 e. The molecule has 0 saturated heterocycles. The molecule has 16 heavy (non-hydrogen) atoms. The predicted molar refractivity (Wildman–Crippen MR) is 59.9 cm³/mol. The fourth-order valence-corrected chi connectivity index (χ4v) is 1.25. The van der Waals surface area contributed by atoms with Crippen LogP contribution in [-0.4, -0.2) is 21.1 Å². The van der Waals surface area contributed by atoms with Crippen molar-refractivity contribution in [3.63, 3.8) is 0 Å². The van der Waals surface area contributed by atoms with E-state index in [2.05, 4.69) is 20.5 Å². The van der Waals surface area contributed by atoms with Crippen LogP contribution in [0.1, 0.15) is 16.2 Å². The van der Waals surface area contributed by atoms with E-state index in [9.17, 15) is 4.79 Å². The molecular weight excluding hydrogens is 206 g/mol. The molecular formula is C10H11N5O. The highest BCUT2D eigenvalue weighted by Gasteiger charge is 2.09. The number of carbonyl (C=O) groups is 1. The van der Waals surface area contributed by atoms with E-state index < -0.39 is 0 Å². The highest BCUT2D eigenvalue weighted by Crippen LogP contribution is 2.07. The van der Waals surface area contributed by atoms with E-state index in [4.69, 9.17) is 5.73 Å². The molecule has 0 unspecified atom stereocenters. The first-order valence-corrected chi connectivity index (χ1v) is 4.71. The van der Waals surface area contributed by atoms with Crippen molar-refractivity contribution in [2.75, 3.05) is 11.1 Å². The number of H-pyrrole nitrogens is 1. The first-order valence-electron chi connectivity index (χ1n) is 4.71. The first kappa shape index (κ1) is 10.2. The molecule has 0 bridgehead atoms. The van der Waals surface area contributed by atoms with Crippen LogP contribution in [0.15, 0.2) is 24.3 Å². The molecule has 2 aromatic heterocycles. The lowest BCUT2D eigenvalue weighted by molar-refractivity contribution is 0.102. The van der Waals surface area contributed by atoms with Crippen LogP contribution >= 0.6 is 0 Å². The second kappa shape index (κ2) is 4.01. The third-order valence-electron chi connectivity index (χ3n) is 1.97. The van der Waals surface area contributed by atoms with Gasteiger partial charge in [0.05, 0.1) is 0 Å². The number of nitrogens with zero attached hydrogens (tertiary/aromatic N) is 2. The van der Waals surface area contributed by atoms with Gasteiger partial charge in [0.25, 0.3) is 5.91 Å². The largest absolute Gasteiger partial charge is 0.382 e. The van der Waals surface area contributed by atoms with E-state index in [1.807, 2.05) is 19.1 Å². The second-order valence-corrected chi connectivity index (χ2v) is 3.32. The van der Waals surface area contributed by atoms with Gasteiger partial charge in [-0.2, -0.15) is 5.10 Å². The average molecular weight is 217 g/mol.